The number of non-ortho nitro benzene ring substituents is 1. The molecule has 138 valence electrons. The summed E-state index contributed by atoms with van der Waals surface area (Å²) in [6.07, 6.45) is 0. The van der Waals surface area contributed by atoms with Gasteiger partial charge in [-0.25, -0.2) is 13.2 Å². The first-order valence-corrected chi connectivity index (χ1v) is 9.08. The van der Waals surface area contributed by atoms with Gasteiger partial charge in [-0.1, -0.05) is 12.1 Å². The van der Waals surface area contributed by atoms with Crippen molar-refractivity contribution in [3.8, 4) is 0 Å². The highest BCUT2D eigenvalue weighted by molar-refractivity contribution is 7.93. The number of nitro groups is 1. The molecule has 0 aliphatic heterocycles. The summed E-state index contributed by atoms with van der Waals surface area (Å²) in [5.41, 5.74) is 1.31. The van der Waals surface area contributed by atoms with Gasteiger partial charge in [-0.15, -0.1) is 0 Å². The maximum absolute atomic E-state index is 13.1. The number of anilines is 1. The zero-order valence-corrected chi connectivity index (χ0v) is 15.2. The van der Waals surface area contributed by atoms with E-state index in [0.717, 1.165) is 21.5 Å². The summed E-state index contributed by atoms with van der Waals surface area (Å²) in [6, 6.07) is 8.07. The third kappa shape index (κ3) is 3.83. The molecule has 26 heavy (non-hydrogen) atoms. The van der Waals surface area contributed by atoms with Crippen LogP contribution in [0.4, 0.5) is 11.4 Å². The van der Waals surface area contributed by atoms with Crippen LogP contribution in [0.1, 0.15) is 18.1 Å². The molecule has 8 nitrogen and oxygen atoms in total. The van der Waals surface area contributed by atoms with E-state index in [2.05, 4.69) is 0 Å². The summed E-state index contributed by atoms with van der Waals surface area (Å²) in [6.45, 7) is 4.77. The van der Waals surface area contributed by atoms with Gasteiger partial charge >= 0.3 is 5.97 Å². The lowest BCUT2D eigenvalue weighted by molar-refractivity contribution is -0.385. The number of carboxylic acid groups (broad SMARTS) is 1. The minimum Gasteiger partial charge on any atom is -0.480 e. The maximum Gasteiger partial charge on any atom is 0.327 e. The molecule has 0 amide bonds. The van der Waals surface area contributed by atoms with Gasteiger partial charge in [-0.05, 0) is 50.1 Å². The zero-order chi connectivity index (χ0) is 19.6. The molecular weight excluding hydrogens is 360 g/mol. The van der Waals surface area contributed by atoms with E-state index in [-0.39, 0.29) is 10.6 Å². The number of hydrogen-bond donors (Lipinski definition) is 1. The molecule has 0 saturated heterocycles. The number of rotatable bonds is 6. The van der Waals surface area contributed by atoms with E-state index in [1.54, 1.807) is 26.0 Å². The Bertz CT molecular complexity index is 951. The van der Waals surface area contributed by atoms with Gasteiger partial charge in [-0.3, -0.25) is 14.4 Å². The van der Waals surface area contributed by atoms with Crippen LogP contribution in [0, 0.1) is 24.0 Å². The van der Waals surface area contributed by atoms with Gasteiger partial charge in [0.2, 0.25) is 0 Å². The molecule has 0 spiro atoms. The second-order valence-corrected chi connectivity index (χ2v) is 7.73. The fourth-order valence-corrected chi connectivity index (χ4v) is 4.26. The van der Waals surface area contributed by atoms with Crippen LogP contribution in [0.25, 0.3) is 0 Å². The Morgan fingerprint density at radius 2 is 1.73 bits per heavy atom. The lowest BCUT2D eigenvalue weighted by Crippen LogP contribution is -2.43. The topological polar surface area (TPSA) is 118 Å². The highest BCUT2D eigenvalue weighted by Gasteiger charge is 2.34. The molecule has 9 heteroatoms. The fraction of sp³-hybridized carbons (Fsp3) is 0.235. The average molecular weight is 378 g/mol. The minimum atomic E-state index is -4.34. The van der Waals surface area contributed by atoms with Crippen molar-refractivity contribution >= 4 is 27.4 Å². The van der Waals surface area contributed by atoms with Crippen LogP contribution in [0.15, 0.2) is 47.4 Å². The van der Waals surface area contributed by atoms with Crippen molar-refractivity contribution in [3.05, 3.63) is 63.7 Å². The Morgan fingerprint density at radius 3 is 2.23 bits per heavy atom. The summed E-state index contributed by atoms with van der Waals surface area (Å²) in [7, 11) is -4.34. The number of carbonyl (C=O) groups is 1. The van der Waals surface area contributed by atoms with E-state index in [1.807, 2.05) is 6.07 Å². The Morgan fingerprint density at radius 1 is 1.15 bits per heavy atom. The maximum atomic E-state index is 13.1. The number of nitrogens with zero attached hydrogens (tertiary/aromatic N) is 2. The normalized spacial score (nSPS) is 12.4. The molecule has 1 atom stereocenters. The first-order chi connectivity index (χ1) is 12.0. The van der Waals surface area contributed by atoms with Gasteiger partial charge < -0.3 is 5.11 Å². The van der Waals surface area contributed by atoms with Crippen molar-refractivity contribution in [1.82, 2.24) is 0 Å². The highest BCUT2D eigenvalue weighted by Crippen LogP contribution is 2.29. The molecule has 0 heterocycles. The van der Waals surface area contributed by atoms with E-state index in [1.165, 1.54) is 25.1 Å². The molecule has 0 bridgehead atoms. The molecule has 0 aliphatic rings. The Balaban J connectivity index is 2.70. The van der Waals surface area contributed by atoms with Crippen LogP contribution in [-0.2, 0) is 14.8 Å². The van der Waals surface area contributed by atoms with E-state index in [0.29, 0.717) is 0 Å². The lowest BCUT2D eigenvalue weighted by atomic mass is 10.1. The molecule has 1 unspecified atom stereocenters. The van der Waals surface area contributed by atoms with Crippen molar-refractivity contribution in [3.63, 3.8) is 0 Å². The Labute approximate surface area is 150 Å². The van der Waals surface area contributed by atoms with Crippen molar-refractivity contribution < 1.29 is 23.2 Å². The number of benzene rings is 2. The number of aliphatic carboxylic acids is 1. The summed E-state index contributed by atoms with van der Waals surface area (Å²) >= 11 is 0. The lowest BCUT2D eigenvalue weighted by Gasteiger charge is -2.28. The van der Waals surface area contributed by atoms with Crippen molar-refractivity contribution in [1.29, 1.82) is 0 Å². The van der Waals surface area contributed by atoms with Crippen LogP contribution in [0.5, 0.6) is 0 Å². The zero-order valence-electron chi connectivity index (χ0n) is 14.4. The number of nitro benzene ring substituents is 1. The van der Waals surface area contributed by atoms with Crippen molar-refractivity contribution in [2.75, 3.05) is 4.31 Å². The quantitative estimate of drug-likeness (QED) is 0.610. The molecule has 0 radical (unpaired) electrons. The van der Waals surface area contributed by atoms with Gasteiger partial charge in [0.05, 0.1) is 15.5 Å². The SMILES string of the molecule is Cc1cc(C)cc(N(C(C)C(=O)O)S(=O)(=O)c2cccc([N+](=O)[O-])c2)c1. The number of aryl methyl sites for hydroxylation is 2. The summed E-state index contributed by atoms with van der Waals surface area (Å²) in [5, 5.41) is 20.3. The molecule has 0 fully saturated rings. The van der Waals surface area contributed by atoms with Crippen LogP contribution in [-0.4, -0.2) is 30.5 Å². The molecule has 0 saturated carbocycles. The van der Waals surface area contributed by atoms with Gasteiger partial charge in [0.1, 0.15) is 6.04 Å². The molecule has 2 aromatic carbocycles. The molecule has 0 aliphatic carbocycles. The van der Waals surface area contributed by atoms with Crippen LogP contribution in [0.2, 0.25) is 0 Å². The predicted molar refractivity (Wildman–Crippen MR) is 95.8 cm³/mol. The number of sulfonamides is 1. The second-order valence-electron chi connectivity index (χ2n) is 5.92. The highest BCUT2D eigenvalue weighted by atomic mass is 32.2. The van der Waals surface area contributed by atoms with Crippen LogP contribution >= 0.6 is 0 Å². The fourth-order valence-electron chi connectivity index (χ4n) is 2.62. The molecule has 0 aromatic heterocycles. The number of carboxylic acids is 1. The Hall–Kier alpha value is -2.94. The van der Waals surface area contributed by atoms with Gasteiger partial charge in [0.15, 0.2) is 0 Å². The second kappa shape index (κ2) is 7.12. The smallest absolute Gasteiger partial charge is 0.327 e. The summed E-state index contributed by atoms with van der Waals surface area (Å²) in [5.74, 6) is -1.34. The van der Waals surface area contributed by atoms with Crippen molar-refractivity contribution in [2.24, 2.45) is 0 Å². The standard InChI is InChI=1S/C17H18N2O6S/c1-11-7-12(2)9-15(8-11)18(13(3)17(20)21)26(24,25)16-6-4-5-14(10-16)19(22)23/h4-10,13H,1-3H3,(H,20,21). The van der Waals surface area contributed by atoms with Gasteiger partial charge in [0, 0.05) is 12.1 Å². The minimum absolute atomic E-state index is 0.184. The summed E-state index contributed by atoms with van der Waals surface area (Å²) in [4.78, 5) is 21.4. The summed E-state index contributed by atoms with van der Waals surface area (Å²) < 4.78 is 27.0. The third-order valence-electron chi connectivity index (χ3n) is 3.76. The van der Waals surface area contributed by atoms with Crippen molar-refractivity contribution in [2.45, 2.75) is 31.7 Å². The largest absolute Gasteiger partial charge is 0.480 e. The average Bonchev–Trinajstić information content (AvgIpc) is 2.53. The van der Waals surface area contributed by atoms with E-state index in [9.17, 15) is 28.4 Å². The predicted octanol–water partition coefficient (Wildman–Crippen LogP) is 2.88. The first-order valence-electron chi connectivity index (χ1n) is 7.64. The van der Waals surface area contributed by atoms with E-state index >= 15 is 0 Å². The molecule has 1 N–H and O–H groups in total. The third-order valence-corrected chi connectivity index (χ3v) is 5.65. The molecule has 2 rings (SSSR count). The van der Waals surface area contributed by atoms with Gasteiger partial charge in [-0.2, -0.15) is 0 Å². The van der Waals surface area contributed by atoms with E-state index < -0.39 is 32.6 Å². The van der Waals surface area contributed by atoms with Crippen LogP contribution in [0.3, 0.4) is 0 Å². The Kier molecular flexibility index (Phi) is 5.31. The van der Waals surface area contributed by atoms with Gasteiger partial charge in [0.25, 0.3) is 15.7 Å². The molecular formula is C17H18N2O6S. The number of hydrogen-bond acceptors (Lipinski definition) is 5. The first kappa shape index (κ1) is 19.4. The van der Waals surface area contributed by atoms with E-state index in [4.69, 9.17) is 0 Å². The molecule has 2 aromatic rings. The monoisotopic (exact) mass is 378 g/mol. The van der Waals surface area contributed by atoms with Crippen LogP contribution < -0.4 is 4.31 Å².